The second-order valence-electron chi connectivity index (χ2n) is 6.96. The molecule has 0 radical (unpaired) electrons. The van der Waals surface area contributed by atoms with Crippen molar-refractivity contribution in [2.24, 2.45) is 0 Å². The standard InChI is InChI=1S/C21H18F2N4O/c1-3-21(2,20-24-11-25-27-20)16-6-7-18(26-19(16)28)13-5-4-12-8-14(22)10-17(23)15(12)9-13/h4-11H,3H2,1-2H3,(H,26,28)(H,24,25,27). The van der Waals surface area contributed by atoms with E-state index in [9.17, 15) is 13.6 Å². The Morgan fingerprint density at radius 1 is 1.11 bits per heavy atom. The quantitative estimate of drug-likeness (QED) is 0.554. The Hall–Kier alpha value is -3.35. The molecule has 1 unspecified atom stereocenters. The van der Waals surface area contributed by atoms with Crippen LogP contribution in [0, 0.1) is 11.6 Å². The number of rotatable bonds is 4. The number of hydrogen-bond acceptors (Lipinski definition) is 3. The van der Waals surface area contributed by atoms with Gasteiger partial charge < -0.3 is 9.97 Å². The number of pyridine rings is 1. The molecule has 0 amide bonds. The predicted octanol–water partition coefficient (Wildman–Crippen LogP) is 4.31. The maximum atomic E-state index is 14.1. The maximum absolute atomic E-state index is 14.1. The summed E-state index contributed by atoms with van der Waals surface area (Å²) in [5.74, 6) is -0.649. The van der Waals surface area contributed by atoms with Gasteiger partial charge in [0, 0.05) is 22.7 Å². The van der Waals surface area contributed by atoms with E-state index in [1.807, 2.05) is 13.8 Å². The third-order valence-electron chi connectivity index (χ3n) is 5.33. The van der Waals surface area contributed by atoms with Crippen molar-refractivity contribution in [3.05, 3.63) is 82.2 Å². The number of hydrogen-bond donors (Lipinski definition) is 2. The molecule has 1 atom stereocenters. The smallest absolute Gasteiger partial charge is 0.252 e. The highest BCUT2D eigenvalue weighted by Crippen LogP contribution is 2.31. The Morgan fingerprint density at radius 3 is 2.61 bits per heavy atom. The van der Waals surface area contributed by atoms with Crippen LogP contribution in [0.15, 0.2) is 53.6 Å². The third-order valence-corrected chi connectivity index (χ3v) is 5.33. The number of nitrogens with one attached hydrogen (secondary N) is 2. The summed E-state index contributed by atoms with van der Waals surface area (Å²) < 4.78 is 27.5. The summed E-state index contributed by atoms with van der Waals surface area (Å²) >= 11 is 0. The van der Waals surface area contributed by atoms with Gasteiger partial charge in [-0.05, 0) is 42.5 Å². The average molecular weight is 380 g/mol. The van der Waals surface area contributed by atoms with Crippen LogP contribution in [0.25, 0.3) is 22.0 Å². The lowest BCUT2D eigenvalue weighted by Gasteiger charge is -2.25. The van der Waals surface area contributed by atoms with Crippen LogP contribution in [0.5, 0.6) is 0 Å². The Kier molecular flexibility index (Phi) is 4.30. The molecular weight excluding hydrogens is 362 g/mol. The molecular formula is C21H18F2N4O. The van der Waals surface area contributed by atoms with E-state index in [2.05, 4.69) is 20.2 Å². The summed E-state index contributed by atoms with van der Waals surface area (Å²) in [6.45, 7) is 3.90. The van der Waals surface area contributed by atoms with E-state index < -0.39 is 17.0 Å². The van der Waals surface area contributed by atoms with Crippen LogP contribution < -0.4 is 5.56 Å². The van der Waals surface area contributed by atoms with Gasteiger partial charge in [0.05, 0.1) is 5.41 Å². The second kappa shape index (κ2) is 6.67. The lowest BCUT2D eigenvalue weighted by molar-refractivity contribution is 0.509. The molecule has 0 aliphatic rings. The molecule has 2 aromatic carbocycles. The van der Waals surface area contributed by atoms with E-state index in [0.29, 0.717) is 39.8 Å². The summed E-state index contributed by atoms with van der Waals surface area (Å²) in [6.07, 6.45) is 2.13. The van der Waals surface area contributed by atoms with Crippen molar-refractivity contribution in [2.45, 2.75) is 25.7 Å². The fraction of sp³-hybridized carbons (Fsp3) is 0.190. The van der Waals surface area contributed by atoms with Gasteiger partial charge in [-0.1, -0.05) is 25.1 Å². The minimum atomic E-state index is -0.639. The summed E-state index contributed by atoms with van der Waals surface area (Å²) in [4.78, 5) is 18.7. The van der Waals surface area contributed by atoms with Crippen LogP contribution in [0.3, 0.4) is 0 Å². The van der Waals surface area contributed by atoms with Crippen LogP contribution in [0.1, 0.15) is 31.7 Å². The van der Waals surface area contributed by atoms with Crippen molar-refractivity contribution in [2.75, 3.05) is 0 Å². The number of aromatic nitrogens is 4. The molecule has 0 aliphatic heterocycles. The molecule has 0 aliphatic carbocycles. The second-order valence-corrected chi connectivity index (χ2v) is 6.96. The van der Waals surface area contributed by atoms with Gasteiger partial charge in [0.2, 0.25) is 0 Å². The Balaban J connectivity index is 1.80. The van der Waals surface area contributed by atoms with Gasteiger partial charge in [-0.25, -0.2) is 8.78 Å². The minimum Gasteiger partial charge on any atom is -0.331 e. The van der Waals surface area contributed by atoms with Crippen molar-refractivity contribution < 1.29 is 8.78 Å². The number of halogens is 2. The van der Waals surface area contributed by atoms with E-state index in [-0.39, 0.29) is 5.56 Å². The van der Waals surface area contributed by atoms with E-state index in [4.69, 9.17) is 0 Å². The van der Waals surface area contributed by atoms with E-state index in [1.165, 1.54) is 12.4 Å². The molecule has 0 fully saturated rings. The molecule has 7 heteroatoms. The summed E-state index contributed by atoms with van der Waals surface area (Å²) in [7, 11) is 0. The van der Waals surface area contributed by atoms with Gasteiger partial charge in [0.25, 0.3) is 5.56 Å². The molecule has 28 heavy (non-hydrogen) atoms. The van der Waals surface area contributed by atoms with Crippen molar-refractivity contribution >= 4 is 10.8 Å². The van der Waals surface area contributed by atoms with Gasteiger partial charge >= 0.3 is 0 Å². The summed E-state index contributed by atoms with van der Waals surface area (Å²) in [6, 6.07) is 10.6. The minimum absolute atomic E-state index is 0.252. The number of aromatic amines is 2. The average Bonchev–Trinajstić information content (AvgIpc) is 3.22. The number of fused-ring (bicyclic) bond motifs is 1. The topological polar surface area (TPSA) is 74.4 Å². The van der Waals surface area contributed by atoms with Gasteiger partial charge in [-0.2, -0.15) is 0 Å². The molecule has 4 rings (SSSR count). The molecule has 0 bridgehead atoms. The van der Waals surface area contributed by atoms with Crippen LogP contribution in [0.2, 0.25) is 0 Å². The summed E-state index contributed by atoms with van der Waals surface area (Å²) in [5.41, 5.74) is 0.882. The number of H-pyrrole nitrogens is 2. The molecule has 142 valence electrons. The van der Waals surface area contributed by atoms with Crippen LogP contribution >= 0.6 is 0 Å². The lowest BCUT2D eigenvalue weighted by Crippen LogP contribution is -2.32. The Bertz CT molecular complexity index is 1220. The van der Waals surface area contributed by atoms with E-state index in [1.54, 1.807) is 30.3 Å². The Morgan fingerprint density at radius 2 is 1.93 bits per heavy atom. The number of benzene rings is 2. The highest BCUT2D eigenvalue weighted by Gasteiger charge is 2.32. The fourth-order valence-electron chi connectivity index (χ4n) is 3.48. The van der Waals surface area contributed by atoms with Crippen molar-refractivity contribution in [1.82, 2.24) is 20.2 Å². The molecule has 5 nitrogen and oxygen atoms in total. The highest BCUT2D eigenvalue weighted by molar-refractivity contribution is 5.87. The molecule has 0 saturated carbocycles. The fourth-order valence-corrected chi connectivity index (χ4v) is 3.48. The number of nitrogens with zero attached hydrogens (tertiary/aromatic N) is 2. The van der Waals surface area contributed by atoms with Gasteiger partial charge in [0.1, 0.15) is 23.8 Å². The van der Waals surface area contributed by atoms with Gasteiger partial charge in [0.15, 0.2) is 0 Å². The Labute approximate surface area is 159 Å². The zero-order valence-corrected chi connectivity index (χ0v) is 15.4. The third kappa shape index (κ3) is 2.89. The summed E-state index contributed by atoms with van der Waals surface area (Å²) in [5, 5.41) is 8.65. The zero-order valence-electron chi connectivity index (χ0n) is 15.4. The van der Waals surface area contributed by atoms with Gasteiger partial charge in [-0.3, -0.25) is 4.79 Å². The first kappa shape index (κ1) is 18.0. The normalized spacial score (nSPS) is 13.6. The predicted molar refractivity (Wildman–Crippen MR) is 103 cm³/mol. The first-order valence-corrected chi connectivity index (χ1v) is 8.92. The molecule has 4 aromatic rings. The van der Waals surface area contributed by atoms with Crippen molar-refractivity contribution in [1.29, 1.82) is 0 Å². The monoisotopic (exact) mass is 380 g/mol. The molecule has 2 heterocycles. The van der Waals surface area contributed by atoms with Gasteiger partial charge in [-0.15, -0.1) is 10.2 Å². The van der Waals surface area contributed by atoms with Crippen molar-refractivity contribution in [3.8, 4) is 11.3 Å². The SMILES string of the molecule is CCC(C)(c1nnc[nH]1)c1ccc(-c2ccc3cc(F)cc(F)c3c2)[nH]c1=O. The maximum Gasteiger partial charge on any atom is 0.252 e. The molecule has 2 aromatic heterocycles. The van der Waals surface area contributed by atoms with E-state index in [0.717, 1.165) is 6.07 Å². The van der Waals surface area contributed by atoms with Crippen LogP contribution in [-0.2, 0) is 5.41 Å². The molecule has 0 spiro atoms. The van der Waals surface area contributed by atoms with Crippen LogP contribution in [0.4, 0.5) is 8.78 Å². The highest BCUT2D eigenvalue weighted by atomic mass is 19.1. The lowest BCUT2D eigenvalue weighted by atomic mass is 9.80. The largest absolute Gasteiger partial charge is 0.331 e. The van der Waals surface area contributed by atoms with Crippen LogP contribution in [-0.4, -0.2) is 20.2 Å². The first-order chi connectivity index (χ1) is 13.4. The zero-order chi connectivity index (χ0) is 19.9. The van der Waals surface area contributed by atoms with Crippen molar-refractivity contribution in [3.63, 3.8) is 0 Å². The molecule has 2 N–H and O–H groups in total. The molecule has 0 saturated heterocycles. The van der Waals surface area contributed by atoms with E-state index >= 15 is 0 Å². The first-order valence-electron chi connectivity index (χ1n) is 8.92.